The first-order valence-electron chi connectivity index (χ1n) is 26.7. The Hall–Kier alpha value is -8.12. The highest BCUT2D eigenvalue weighted by molar-refractivity contribution is 7.22. The van der Waals surface area contributed by atoms with Crippen molar-refractivity contribution in [2.45, 2.75) is 66.2 Å². The molecule has 3 aliphatic rings. The van der Waals surface area contributed by atoms with E-state index in [1.165, 1.54) is 109 Å². The molecule has 0 saturated carbocycles. The van der Waals surface area contributed by atoms with E-state index in [1.54, 1.807) is 0 Å². The lowest BCUT2D eigenvalue weighted by molar-refractivity contribution is 0.487. The number of rotatable bonds is 5. The second-order valence-electron chi connectivity index (χ2n) is 23.4. The van der Waals surface area contributed by atoms with Crippen molar-refractivity contribution in [3.63, 3.8) is 0 Å². The van der Waals surface area contributed by atoms with Crippen molar-refractivity contribution < 1.29 is 4.74 Å². The van der Waals surface area contributed by atoms with Crippen LogP contribution in [0.15, 0.2) is 212 Å². The van der Waals surface area contributed by atoms with Crippen molar-refractivity contribution in [3.05, 3.63) is 235 Å². The lowest BCUT2D eigenvalue weighted by Gasteiger charge is -2.42. The summed E-state index contributed by atoms with van der Waals surface area (Å²) in [5.74, 6) is 1.78. The Kier molecular flexibility index (Phi) is 9.97. The molecule has 0 fully saturated rings. The Morgan fingerprint density at radius 1 is 0.440 bits per heavy atom. The Balaban J connectivity index is 1.11. The summed E-state index contributed by atoms with van der Waals surface area (Å²) in [7, 11) is -2.87. The molecule has 75 heavy (non-hydrogen) atoms. The van der Waals surface area contributed by atoms with Gasteiger partial charge in [-0.3, -0.25) is 0 Å². The molecule has 0 unspecified atom stereocenters. The normalized spacial score (nSPS) is 14.0. The van der Waals surface area contributed by atoms with Crippen molar-refractivity contribution in [2.75, 3.05) is 4.90 Å². The second kappa shape index (κ2) is 16.4. The molecule has 0 bridgehead atoms. The number of aromatic nitrogens is 1. The highest BCUT2D eigenvalue weighted by atomic mass is 28.3. The van der Waals surface area contributed by atoms with Gasteiger partial charge in [0.15, 0.2) is 8.07 Å². The van der Waals surface area contributed by atoms with Gasteiger partial charge in [-0.2, -0.15) is 0 Å². The van der Waals surface area contributed by atoms with Crippen molar-refractivity contribution in [1.82, 2.24) is 4.57 Å². The lowest BCUT2D eigenvalue weighted by atomic mass is 9.34. The van der Waals surface area contributed by atoms with Crippen molar-refractivity contribution in [3.8, 4) is 39.4 Å². The number of nitrogens with zero attached hydrogens (tertiary/aromatic N) is 2. The number of aryl methyl sites for hydroxylation is 2. The Bertz CT molecular complexity index is 4010. The zero-order valence-electron chi connectivity index (χ0n) is 44.1. The zero-order valence-corrected chi connectivity index (χ0v) is 45.1. The van der Waals surface area contributed by atoms with E-state index in [0.717, 1.165) is 28.4 Å². The monoisotopic (exact) mass is 982 g/mol. The molecule has 4 heterocycles. The molecule has 0 spiro atoms. The average molecular weight is 983 g/mol. The van der Waals surface area contributed by atoms with E-state index in [1.807, 2.05) is 0 Å². The van der Waals surface area contributed by atoms with Gasteiger partial charge in [-0.25, -0.2) is 0 Å². The van der Waals surface area contributed by atoms with Crippen LogP contribution in [0, 0.1) is 13.8 Å². The van der Waals surface area contributed by atoms with Crippen LogP contribution in [0.25, 0.3) is 49.7 Å². The number of anilines is 3. The standard InChI is InChI=1S/C70H59BN2OSi/c1-44-21-20-22-45(2)68(44)73-61-42-56-53-29-18-19-30-65(53)75(51-25-14-10-15-26-51,52-27-16-11-17-28-52)66(56)43-58(61)71-57-34-31-47(46-23-12-9-13-24-46)37-63(57)74-64-41-50(40-62(73)67(64)71)72-59-35-32-48(69(3,4)5)38-54(59)55-39-49(70(6,7)8)33-36-60(55)72/h9-43H,1-8H3. The lowest BCUT2D eigenvalue weighted by Crippen LogP contribution is -2.73. The van der Waals surface area contributed by atoms with E-state index in [9.17, 15) is 0 Å². The molecule has 0 atom stereocenters. The molecule has 0 N–H and O–H groups in total. The molecule has 3 aliphatic heterocycles. The summed E-state index contributed by atoms with van der Waals surface area (Å²) < 4.78 is 10.0. The zero-order chi connectivity index (χ0) is 51.1. The maximum atomic E-state index is 7.53. The molecule has 5 heteroatoms. The van der Waals surface area contributed by atoms with Crippen LogP contribution in [-0.2, 0) is 10.8 Å². The van der Waals surface area contributed by atoms with Crippen molar-refractivity contribution in [1.29, 1.82) is 0 Å². The van der Waals surface area contributed by atoms with Crippen molar-refractivity contribution in [2.24, 2.45) is 0 Å². The molecule has 3 nitrogen and oxygen atoms in total. The number of fused-ring (bicyclic) bond motifs is 10. The van der Waals surface area contributed by atoms with Crippen LogP contribution < -0.4 is 46.8 Å². The Labute approximate surface area is 442 Å². The topological polar surface area (TPSA) is 17.4 Å². The van der Waals surface area contributed by atoms with Gasteiger partial charge in [-0.1, -0.05) is 205 Å². The van der Waals surface area contributed by atoms with E-state index in [-0.39, 0.29) is 17.5 Å². The minimum Gasteiger partial charge on any atom is -0.458 e. The highest BCUT2D eigenvalue weighted by Crippen LogP contribution is 2.47. The van der Waals surface area contributed by atoms with Gasteiger partial charge >= 0.3 is 0 Å². The molecule has 0 saturated heterocycles. The van der Waals surface area contributed by atoms with Crippen LogP contribution in [0.1, 0.15) is 63.8 Å². The molecule has 0 amide bonds. The number of hydrogen-bond acceptors (Lipinski definition) is 2. The van der Waals surface area contributed by atoms with Gasteiger partial charge in [-0.15, -0.1) is 0 Å². The summed E-state index contributed by atoms with van der Waals surface area (Å²) >= 11 is 0. The van der Waals surface area contributed by atoms with Gasteiger partial charge < -0.3 is 14.2 Å². The van der Waals surface area contributed by atoms with Gasteiger partial charge in [0, 0.05) is 28.2 Å². The van der Waals surface area contributed by atoms with Gasteiger partial charge in [0.25, 0.3) is 6.71 Å². The van der Waals surface area contributed by atoms with E-state index < -0.39 is 8.07 Å². The maximum Gasteiger partial charge on any atom is 0.256 e. The highest BCUT2D eigenvalue weighted by Gasteiger charge is 2.51. The molecule has 0 radical (unpaired) electrons. The Morgan fingerprint density at radius 3 is 1.64 bits per heavy atom. The molecule has 0 aliphatic carbocycles. The van der Waals surface area contributed by atoms with Gasteiger partial charge in [0.1, 0.15) is 11.5 Å². The second-order valence-corrected chi connectivity index (χ2v) is 27.1. The third kappa shape index (κ3) is 6.73. The minimum atomic E-state index is -2.87. The Morgan fingerprint density at radius 2 is 1.03 bits per heavy atom. The number of hydrogen-bond donors (Lipinski definition) is 0. The predicted octanol–water partition coefficient (Wildman–Crippen LogP) is 13.4. The summed E-state index contributed by atoms with van der Waals surface area (Å²) in [5, 5.41) is 8.20. The van der Waals surface area contributed by atoms with Gasteiger partial charge in [0.05, 0.1) is 22.4 Å². The fraction of sp³-hybridized carbons (Fsp3) is 0.143. The van der Waals surface area contributed by atoms with Crippen LogP contribution >= 0.6 is 0 Å². The first-order valence-corrected chi connectivity index (χ1v) is 28.7. The fourth-order valence-corrected chi connectivity index (χ4v) is 18.4. The molecule has 1 aromatic heterocycles. The first-order chi connectivity index (χ1) is 36.3. The molecule has 362 valence electrons. The SMILES string of the molecule is Cc1cccc(C)c1N1c2cc3c(cc2B2c4ccc(-c5ccccc5)cc4Oc4cc(-n5c6ccc(C(C)(C)C)cc6c6cc(C(C)(C)C)ccc65)cc1c42)[Si](c1ccccc1)(c1ccccc1)c1ccccc1-3. The quantitative estimate of drug-likeness (QED) is 0.160. The fourth-order valence-electron chi connectivity index (χ4n) is 13.2. The minimum absolute atomic E-state index is 0.0145. The summed E-state index contributed by atoms with van der Waals surface area (Å²) in [6.07, 6.45) is 0. The molecular weight excluding hydrogens is 924 g/mol. The largest absolute Gasteiger partial charge is 0.458 e. The molecular formula is C70H59BN2OSi. The molecule has 14 rings (SSSR count). The van der Waals surface area contributed by atoms with Gasteiger partial charge in [0.2, 0.25) is 0 Å². The maximum absolute atomic E-state index is 7.53. The van der Waals surface area contributed by atoms with E-state index in [4.69, 9.17) is 4.74 Å². The predicted molar refractivity (Wildman–Crippen MR) is 322 cm³/mol. The number of para-hydroxylation sites is 1. The van der Waals surface area contributed by atoms with Gasteiger partial charge in [-0.05, 0) is 149 Å². The van der Waals surface area contributed by atoms with E-state index in [0.29, 0.717) is 0 Å². The summed E-state index contributed by atoms with van der Waals surface area (Å²) in [6.45, 7) is 18.3. The van der Waals surface area contributed by atoms with Crippen molar-refractivity contribution >= 4 is 90.8 Å². The number of ether oxygens (including phenoxy) is 1. The van der Waals surface area contributed by atoms with Crippen LogP contribution in [0.2, 0.25) is 0 Å². The first kappa shape index (κ1) is 45.5. The van der Waals surface area contributed by atoms with Crippen LogP contribution in [0.4, 0.5) is 17.1 Å². The average Bonchev–Trinajstić information content (AvgIpc) is 3.91. The summed E-state index contributed by atoms with van der Waals surface area (Å²) in [5.41, 5.74) is 20.7. The van der Waals surface area contributed by atoms with Crippen LogP contribution in [0.3, 0.4) is 0 Å². The third-order valence-electron chi connectivity index (χ3n) is 16.9. The third-order valence-corrected chi connectivity index (χ3v) is 21.7. The smallest absolute Gasteiger partial charge is 0.256 e. The number of benzene rings is 10. The van der Waals surface area contributed by atoms with Crippen LogP contribution in [-0.4, -0.2) is 19.4 Å². The summed E-state index contributed by atoms with van der Waals surface area (Å²) in [6, 6.07) is 80.9. The van der Waals surface area contributed by atoms with E-state index in [2.05, 4.69) is 277 Å². The molecule has 11 aromatic rings. The van der Waals surface area contributed by atoms with E-state index >= 15 is 0 Å². The molecule has 10 aromatic carbocycles. The van der Waals surface area contributed by atoms with Crippen LogP contribution in [0.5, 0.6) is 11.5 Å². The summed E-state index contributed by atoms with van der Waals surface area (Å²) in [4.78, 5) is 2.62.